The number of hydrogen-bond acceptors (Lipinski definition) is 3. The van der Waals surface area contributed by atoms with Crippen LogP contribution in [-0.4, -0.2) is 16.7 Å². The third-order valence-corrected chi connectivity index (χ3v) is 6.88. The molecule has 1 heterocycles. The van der Waals surface area contributed by atoms with Crippen molar-refractivity contribution in [3.05, 3.63) is 142 Å². The Morgan fingerprint density at radius 1 is 0.897 bits per heavy atom. The molecular weight excluding hydrogens is 550 g/mol. The number of hydrazone groups is 1. The van der Waals surface area contributed by atoms with Gasteiger partial charge in [-0.15, -0.1) is 0 Å². The molecule has 0 saturated heterocycles. The van der Waals surface area contributed by atoms with Gasteiger partial charge >= 0.3 is 0 Å². The quantitative estimate of drug-likeness (QED) is 0.151. The first kappa shape index (κ1) is 26.2. The molecular formula is C33H28BrN3O2. The maximum atomic E-state index is 12.8. The van der Waals surface area contributed by atoms with E-state index in [1.165, 1.54) is 5.56 Å². The molecule has 5 nitrogen and oxygen atoms in total. The Hall–Kier alpha value is -4.42. The molecule has 0 aliphatic heterocycles. The van der Waals surface area contributed by atoms with Gasteiger partial charge in [-0.2, -0.15) is 5.10 Å². The number of hydrogen-bond donors (Lipinski definition) is 1. The first-order valence-electron chi connectivity index (χ1n) is 12.6. The van der Waals surface area contributed by atoms with Gasteiger partial charge in [0.05, 0.1) is 11.9 Å². The number of nitrogens with zero attached hydrogens (tertiary/aromatic N) is 2. The normalized spacial score (nSPS) is 11.1. The second kappa shape index (κ2) is 12.0. The second-order valence-electron chi connectivity index (χ2n) is 9.26. The Kier molecular flexibility index (Phi) is 8.04. The highest BCUT2D eigenvalue weighted by Gasteiger charge is 2.11. The van der Waals surface area contributed by atoms with Crippen molar-refractivity contribution in [2.24, 2.45) is 5.10 Å². The van der Waals surface area contributed by atoms with Crippen molar-refractivity contribution in [1.82, 2.24) is 9.99 Å². The Bertz CT molecular complexity index is 1610. The van der Waals surface area contributed by atoms with Crippen LogP contribution in [0.25, 0.3) is 16.9 Å². The van der Waals surface area contributed by atoms with Crippen LogP contribution in [0.5, 0.6) is 5.75 Å². The maximum absolute atomic E-state index is 12.8. The molecule has 5 rings (SSSR count). The summed E-state index contributed by atoms with van der Waals surface area (Å²) in [7, 11) is 0. The van der Waals surface area contributed by atoms with Gasteiger partial charge in [-0.05, 0) is 79.6 Å². The van der Waals surface area contributed by atoms with Crippen LogP contribution in [0.2, 0.25) is 0 Å². The van der Waals surface area contributed by atoms with Crippen LogP contribution in [0.4, 0.5) is 0 Å². The number of ether oxygens (including phenoxy) is 1. The van der Waals surface area contributed by atoms with Crippen LogP contribution >= 0.6 is 15.9 Å². The lowest BCUT2D eigenvalue weighted by Crippen LogP contribution is -2.17. The fourth-order valence-corrected chi connectivity index (χ4v) is 4.68. The average Bonchev–Trinajstić information content (AvgIpc) is 3.35. The van der Waals surface area contributed by atoms with Gasteiger partial charge in [0.2, 0.25) is 0 Å². The van der Waals surface area contributed by atoms with E-state index in [1.54, 1.807) is 6.21 Å². The monoisotopic (exact) mass is 577 g/mol. The summed E-state index contributed by atoms with van der Waals surface area (Å²) in [5.74, 6) is 0.389. The minimum Gasteiger partial charge on any atom is -0.488 e. The van der Waals surface area contributed by atoms with E-state index in [0.29, 0.717) is 17.9 Å². The van der Waals surface area contributed by atoms with E-state index >= 15 is 0 Å². The summed E-state index contributed by atoms with van der Waals surface area (Å²) in [6, 6.07) is 35.9. The molecule has 4 aromatic carbocycles. The number of amides is 1. The summed E-state index contributed by atoms with van der Waals surface area (Å²) in [5, 5.41) is 4.20. The van der Waals surface area contributed by atoms with Crippen LogP contribution in [-0.2, 0) is 6.61 Å². The van der Waals surface area contributed by atoms with Gasteiger partial charge in [-0.3, -0.25) is 4.79 Å². The molecule has 0 atom stereocenters. The second-order valence-corrected chi connectivity index (χ2v) is 10.2. The fraction of sp³-hybridized carbons (Fsp3) is 0.0909. The summed E-state index contributed by atoms with van der Waals surface area (Å²) < 4.78 is 9.11. The molecule has 0 unspecified atom stereocenters. The van der Waals surface area contributed by atoms with Crippen LogP contribution in [0, 0.1) is 13.8 Å². The summed E-state index contributed by atoms with van der Waals surface area (Å²) in [4.78, 5) is 12.8. The third-order valence-electron chi connectivity index (χ3n) is 6.39. The van der Waals surface area contributed by atoms with Gasteiger partial charge in [-0.25, -0.2) is 5.43 Å². The van der Waals surface area contributed by atoms with E-state index in [1.807, 2.05) is 72.8 Å². The van der Waals surface area contributed by atoms with E-state index in [-0.39, 0.29) is 5.91 Å². The number of aryl methyl sites for hydroxylation is 2. The Morgan fingerprint density at radius 3 is 2.38 bits per heavy atom. The van der Waals surface area contributed by atoms with Crippen LogP contribution in [0.3, 0.4) is 0 Å². The minimum absolute atomic E-state index is 0.289. The van der Waals surface area contributed by atoms with Crippen LogP contribution in [0.15, 0.2) is 119 Å². The fourth-order valence-electron chi connectivity index (χ4n) is 4.30. The Balaban J connectivity index is 1.27. The van der Waals surface area contributed by atoms with Crippen molar-refractivity contribution in [1.29, 1.82) is 0 Å². The number of nitrogens with one attached hydrogen (secondary N) is 1. The molecule has 0 bridgehead atoms. The van der Waals surface area contributed by atoms with Crippen molar-refractivity contribution in [2.45, 2.75) is 20.5 Å². The van der Waals surface area contributed by atoms with Crippen molar-refractivity contribution < 1.29 is 9.53 Å². The molecule has 1 N–H and O–H groups in total. The minimum atomic E-state index is -0.289. The largest absolute Gasteiger partial charge is 0.488 e. The van der Waals surface area contributed by atoms with Crippen LogP contribution in [0.1, 0.15) is 32.7 Å². The van der Waals surface area contributed by atoms with E-state index in [9.17, 15) is 4.79 Å². The zero-order valence-electron chi connectivity index (χ0n) is 21.8. The lowest BCUT2D eigenvalue weighted by atomic mass is 10.1. The molecule has 0 aliphatic rings. The van der Waals surface area contributed by atoms with Gasteiger partial charge in [0.15, 0.2) is 0 Å². The van der Waals surface area contributed by atoms with Gasteiger partial charge in [0, 0.05) is 27.0 Å². The molecule has 0 radical (unpaired) electrons. The molecule has 1 amide bonds. The van der Waals surface area contributed by atoms with Gasteiger partial charge in [0.1, 0.15) is 12.4 Å². The molecule has 39 heavy (non-hydrogen) atoms. The maximum Gasteiger partial charge on any atom is 0.271 e. The van der Waals surface area contributed by atoms with Crippen molar-refractivity contribution >= 4 is 28.1 Å². The van der Waals surface area contributed by atoms with E-state index in [4.69, 9.17) is 4.74 Å². The number of halogens is 1. The first-order valence-corrected chi connectivity index (χ1v) is 13.4. The highest BCUT2D eigenvalue weighted by molar-refractivity contribution is 9.10. The molecule has 0 aliphatic carbocycles. The molecule has 5 aromatic rings. The average molecular weight is 579 g/mol. The smallest absolute Gasteiger partial charge is 0.271 e. The lowest BCUT2D eigenvalue weighted by molar-refractivity contribution is 0.0955. The zero-order chi connectivity index (χ0) is 27.2. The Morgan fingerprint density at radius 2 is 1.64 bits per heavy atom. The number of aromatic nitrogens is 1. The Labute approximate surface area is 236 Å². The van der Waals surface area contributed by atoms with E-state index in [0.717, 1.165) is 38.2 Å². The molecule has 6 heteroatoms. The summed E-state index contributed by atoms with van der Waals surface area (Å²) in [5.41, 5.74) is 10.5. The highest BCUT2D eigenvalue weighted by Crippen LogP contribution is 2.27. The molecule has 1 aromatic heterocycles. The van der Waals surface area contributed by atoms with Crippen LogP contribution < -0.4 is 10.2 Å². The topological polar surface area (TPSA) is 55.6 Å². The van der Waals surface area contributed by atoms with E-state index in [2.05, 4.69) is 81.3 Å². The summed E-state index contributed by atoms with van der Waals surface area (Å²) in [6.45, 7) is 4.57. The SMILES string of the molecule is Cc1ccc(COc2ccc(Br)cc2/C=N/NC(=O)c2ccc(-n3c(C)ccc3-c3ccccc3)cc2)cc1. The highest BCUT2D eigenvalue weighted by atomic mass is 79.9. The summed E-state index contributed by atoms with van der Waals surface area (Å²) in [6.07, 6.45) is 1.59. The number of carbonyl (C=O) groups is 1. The lowest BCUT2D eigenvalue weighted by Gasteiger charge is -2.13. The van der Waals surface area contributed by atoms with Crippen molar-refractivity contribution in [3.63, 3.8) is 0 Å². The first-order chi connectivity index (χ1) is 19.0. The van der Waals surface area contributed by atoms with Crippen molar-refractivity contribution in [3.8, 4) is 22.7 Å². The predicted octanol–water partition coefficient (Wildman–Crippen LogP) is 7.87. The summed E-state index contributed by atoms with van der Waals surface area (Å²) >= 11 is 3.50. The predicted molar refractivity (Wildman–Crippen MR) is 161 cm³/mol. The molecule has 0 saturated carbocycles. The van der Waals surface area contributed by atoms with Gasteiger partial charge in [0.25, 0.3) is 5.91 Å². The standard InChI is InChI=1S/C33H28BrN3O2/c1-23-8-11-25(12-9-23)22-39-32-19-15-29(34)20-28(32)21-35-36-33(38)27-13-16-30(17-14-27)37-24(2)10-18-31(37)26-6-4-3-5-7-26/h3-21H,22H2,1-2H3,(H,36,38)/b35-21+. The van der Waals surface area contributed by atoms with E-state index < -0.39 is 0 Å². The third kappa shape index (κ3) is 6.36. The number of carbonyl (C=O) groups excluding carboxylic acids is 1. The number of rotatable bonds is 8. The molecule has 0 fully saturated rings. The van der Waals surface area contributed by atoms with Gasteiger partial charge < -0.3 is 9.30 Å². The van der Waals surface area contributed by atoms with Gasteiger partial charge in [-0.1, -0.05) is 76.1 Å². The zero-order valence-corrected chi connectivity index (χ0v) is 23.4. The number of benzene rings is 4. The molecule has 194 valence electrons. The molecule has 0 spiro atoms. The van der Waals surface area contributed by atoms with Crippen molar-refractivity contribution in [2.75, 3.05) is 0 Å².